The van der Waals surface area contributed by atoms with Crippen molar-refractivity contribution in [2.45, 2.75) is 67.2 Å². The molecule has 0 rings (SSSR count). The molecule has 0 aromatic carbocycles. The van der Waals surface area contributed by atoms with E-state index in [2.05, 4.69) is 40.2 Å². The molecule has 0 bridgehead atoms. The molecule has 0 aliphatic heterocycles. The van der Waals surface area contributed by atoms with Crippen molar-refractivity contribution in [3.8, 4) is 0 Å². The van der Waals surface area contributed by atoms with Gasteiger partial charge < -0.3 is 0 Å². The second-order valence-corrected chi connectivity index (χ2v) is 1.71. The van der Waals surface area contributed by atoms with Crippen LogP contribution in [0.25, 0.3) is 0 Å². The molecule has 0 fully saturated rings. The van der Waals surface area contributed by atoms with Crippen molar-refractivity contribution < 1.29 is 0 Å². The predicted octanol–water partition coefficient (Wildman–Crippen LogP) is 6.24. The Kier molecular flexibility index (Phi) is 283. The van der Waals surface area contributed by atoms with E-state index in [9.17, 15) is 0 Å². The predicted molar refractivity (Wildman–Crippen MR) is 75.0 cm³/mol. The summed E-state index contributed by atoms with van der Waals surface area (Å²) in [6.07, 6.45) is 5.54. The van der Waals surface area contributed by atoms with Crippen LogP contribution in [0.5, 0.6) is 0 Å². The lowest BCUT2D eigenvalue weighted by Gasteiger charge is -1.86. The van der Waals surface area contributed by atoms with Crippen molar-refractivity contribution in [3.05, 3.63) is 26.3 Å². The van der Waals surface area contributed by atoms with Crippen LogP contribution in [0.2, 0.25) is 0 Å². The largest absolute Gasteiger partial charge is 0.106 e. The quantitative estimate of drug-likeness (QED) is 0.375. The highest BCUT2D eigenvalue weighted by molar-refractivity contribution is 4.31. The van der Waals surface area contributed by atoms with Gasteiger partial charge in [0.2, 0.25) is 0 Å². The lowest BCUT2D eigenvalue weighted by molar-refractivity contribution is 0.702. The average molecular weight is 202 g/mol. The molecule has 0 unspecified atom stereocenters. The molecule has 0 aromatic heterocycles. The van der Waals surface area contributed by atoms with Gasteiger partial charge in [0.25, 0.3) is 0 Å². The lowest BCUT2D eigenvalue weighted by atomic mass is 10.2. The fourth-order valence-electron chi connectivity index (χ4n) is 0.500. The fourth-order valence-corrected chi connectivity index (χ4v) is 0.500. The SMILES string of the molecule is C=C.C=C.CC.CC.CCCCCC. The first-order valence-electron chi connectivity index (χ1n) is 5.91. The molecule has 0 saturated heterocycles. The molecule has 0 amide bonds. The number of hydrogen-bond donors (Lipinski definition) is 0. The molecule has 0 spiro atoms. The Labute approximate surface area is 94.1 Å². The summed E-state index contributed by atoms with van der Waals surface area (Å²) in [6.45, 7) is 24.5. The van der Waals surface area contributed by atoms with Gasteiger partial charge in [0.1, 0.15) is 0 Å². The van der Waals surface area contributed by atoms with Crippen molar-refractivity contribution in [1.29, 1.82) is 0 Å². The van der Waals surface area contributed by atoms with Crippen LogP contribution in [-0.4, -0.2) is 0 Å². The molecule has 0 aliphatic carbocycles. The van der Waals surface area contributed by atoms with E-state index in [1.165, 1.54) is 25.7 Å². The van der Waals surface area contributed by atoms with E-state index in [4.69, 9.17) is 0 Å². The summed E-state index contributed by atoms with van der Waals surface area (Å²) in [5.41, 5.74) is 0. The Morgan fingerprint density at radius 3 is 0.786 bits per heavy atom. The maximum Gasteiger partial charge on any atom is -0.0536 e. The average Bonchev–Trinajstić information content (AvgIpc) is 2.36. The summed E-state index contributed by atoms with van der Waals surface area (Å²) >= 11 is 0. The number of hydrogen-bond acceptors (Lipinski definition) is 0. The minimum Gasteiger partial charge on any atom is -0.106 e. The molecule has 0 heterocycles. The Balaban J connectivity index is -0.0000000287. The van der Waals surface area contributed by atoms with E-state index in [1.54, 1.807) is 0 Å². The van der Waals surface area contributed by atoms with Crippen LogP contribution < -0.4 is 0 Å². The van der Waals surface area contributed by atoms with Gasteiger partial charge in [-0.1, -0.05) is 67.2 Å². The van der Waals surface area contributed by atoms with Crippen molar-refractivity contribution in [2.75, 3.05) is 0 Å². The smallest absolute Gasteiger partial charge is 0.0536 e. The van der Waals surface area contributed by atoms with Crippen molar-refractivity contribution in [3.63, 3.8) is 0 Å². The molecule has 0 heteroatoms. The van der Waals surface area contributed by atoms with E-state index < -0.39 is 0 Å². The van der Waals surface area contributed by atoms with Gasteiger partial charge in [-0.3, -0.25) is 0 Å². The van der Waals surface area contributed by atoms with Gasteiger partial charge in [0.05, 0.1) is 0 Å². The topological polar surface area (TPSA) is 0 Å². The highest BCUT2D eigenvalue weighted by Gasteiger charge is 1.75. The van der Waals surface area contributed by atoms with Crippen LogP contribution >= 0.6 is 0 Å². The molecule has 0 nitrogen and oxygen atoms in total. The Morgan fingerprint density at radius 1 is 0.571 bits per heavy atom. The van der Waals surface area contributed by atoms with Crippen molar-refractivity contribution in [1.82, 2.24) is 0 Å². The maximum absolute atomic E-state index is 3.00. The van der Waals surface area contributed by atoms with E-state index in [-0.39, 0.29) is 0 Å². The summed E-state index contributed by atoms with van der Waals surface area (Å²) in [4.78, 5) is 0. The molecule has 0 aliphatic rings. The summed E-state index contributed by atoms with van der Waals surface area (Å²) in [5.74, 6) is 0. The minimum absolute atomic E-state index is 1.36. The standard InChI is InChI=1S/C6H14.2C2H6.2C2H4/c1-3-5-6-4-2;4*1-2/h3-6H2,1-2H3;2*1-2H3;2*1-2H2. The zero-order valence-electron chi connectivity index (χ0n) is 11.7. The zero-order chi connectivity index (χ0) is 12.8. The molecule has 0 saturated carbocycles. The van der Waals surface area contributed by atoms with Crippen molar-refractivity contribution >= 4 is 0 Å². The third-order valence-electron chi connectivity index (χ3n) is 0.957. The van der Waals surface area contributed by atoms with Gasteiger partial charge in [-0.15, -0.1) is 26.3 Å². The molecule has 0 atom stereocenters. The van der Waals surface area contributed by atoms with Crippen LogP contribution in [-0.2, 0) is 0 Å². The van der Waals surface area contributed by atoms with Crippen LogP contribution in [0, 0.1) is 0 Å². The Morgan fingerprint density at radius 2 is 0.714 bits per heavy atom. The zero-order valence-corrected chi connectivity index (χ0v) is 11.7. The van der Waals surface area contributed by atoms with E-state index in [0.717, 1.165) is 0 Å². The highest BCUT2D eigenvalue weighted by atomic mass is 13.8. The third kappa shape index (κ3) is 205. The van der Waals surface area contributed by atoms with Crippen LogP contribution in [0.1, 0.15) is 67.2 Å². The van der Waals surface area contributed by atoms with E-state index in [0.29, 0.717) is 0 Å². The third-order valence-corrected chi connectivity index (χ3v) is 0.957. The van der Waals surface area contributed by atoms with E-state index >= 15 is 0 Å². The Hall–Kier alpha value is -0.520. The first-order chi connectivity index (χ1) is 6.91. The second kappa shape index (κ2) is 136. The van der Waals surface area contributed by atoms with Crippen LogP contribution in [0.3, 0.4) is 0 Å². The molecule has 90 valence electrons. The molecule has 0 radical (unpaired) electrons. The van der Waals surface area contributed by atoms with Gasteiger partial charge >= 0.3 is 0 Å². The first-order valence-corrected chi connectivity index (χ1v) is 5.91. The second-order valence-electron chi connectivity index (χ2n) is 1.71. The Bertz CT molecular complexity index is 25.0. The lowest BCUT2D eigenvalue weighted by Crippen LogP contribution is -1.66. The molecule has 0 N–H and O–H groups in total. The first kappa shape index (κ1) is 29.2. The van der Waals surface area contributed by atoms with Gasteiger partial charge in [0, 0.05) is 0 Å². The van der Waals surface area contributed by atoms with Crippen molar-refractivity contribution in [2.24, 2.45) is 0 Å². The molecular weight excluding hydrogens is 168 g/mol. The monoisotopic (exact) mass is 202 g/mol. The molecular formula is C14H34. The van der Waals surface area contributed by atoms with Gasteiger partial charge in [-0.2, -0.15) is 0 Å². The maximum atomic E-state index is 3.00. The summed E-state index contributed by atoms with van der Waals surface area (Å²) in [6, 6.07) is 0. The highest BCUT2D eigenvalue weighted by Crippen LogP contribution is 1.95. The van der Waals surface area contributed by atoms with Gasteiger partial charge in [0.15, 0.2) is 0 Å². The fraction of sp³-hybridized carbons (Fsp3) is 0.714. The van der Waals surface area contributed by atoms with Gasteiger partial charge in [-0.05, 0) is 0 Å². The minimum atomic E-state index is 1.36. The van der Waals surface area contributed by atoms with E-state index in [1.807, 2.05) is 27.7 Å². The summed E-state index contributed by atoms with van der Waals surface area (Å²) in [5, 5.41) is 0. The van der Waals surface area contributed by atoms with Gasteiger partial charge in [-0.25, -0.2) is 0 Å². The number of unbranched alkanes of at least 4 members (excludes halogenated alkanes) is 3. The molecule has 14 heavy (non-hydrogen) atoms. The molecule has 0 aromatic rings. The van der Waals surface area contributed by atoms with Crippen LogP contribution in [0.4, 0.5) is 0 Å². The van der Waals surface area contributed by atoms with Crippen LogP contribution in [0.15, 0.2) is 26.3 Å². The number of rotatable bonds is 3. The summed E-state index contributed by atoms with van der Waals surface area (Å²) < 4.78 is 0. The normalized spacial score (nSPS) is 5.29. The summed E-state index contributed by atoms with van der Waals surface area (Å²) in [7, 11) is 0.